The highest BCUT2D eigenvalue weighted by Crippen LogP contribution is 2.41. The minimum Gasteiger partial charge on any atom is -0.383 e. The van der Waals surface area contributed by atoms with Crippen LogP contribution in [-0.4, -0.2) is 162 Å². The van der Waals surface area contributed by atoms with Crippen LogP contribution in [0.2, 0.25) is 0 Å². The molecule has 0 fully saturated rings. The molecule has 0 aliphatic rings. The molecule has 0 aromatic heterocycles. The average molecular weight is 937 g/mol. The van der Waals surface area contributed by atoms with Crippen LogP contribution in [0.4, 0.5) is 56.9 Å². The number of methoxy groups -OCH3 is 8. The predicted molar refractivity (Wildman–Crippen MR) is 280 cm³/mol. The van der Waals surface area contributed by atoms with E-state index in [0.717, 1.165) is 109 Å². The first-order chi connectivity index (χ1) is 33.4. The van der Waals surface area contributed by atoms with Crippen LogP contribution in [0.25, 0.3) is 0 Å². The summed E-state index contributed by atoms with van der Waals surface area (Å²) in [6.07, 6.45) is 0. The molecule has 0 N–H and O–H groups in total. The summed E-state index contributed by atoms with van der Waals surface area (Å²) in [5.41, 5.74) is 10.6. The second-order valence-electron chi connectivity index (χ2n) is 16.1. The molecule has 68 heavy (non-hydrogen) atoms. The molecule has 0 aliphatic carbocycles. The Morgan fingerprint density at radius 2 is 0.324 bits per heavy atom. The van der Waals surface area contributed by atoms with E-state index in [0.29, 0.717) is 52.9 Å². The fourth-order valence-electron chi connectivity index (χ4n) is 7.99. The van der Waals surface area contributed by atoms with Crippen molar-refractivity contribution in [2.45, 2.75) is 0 Å². The molecule has 0 saturated carbocycles. The lowest BCUT2D eigenvalue weighted by Gasteiger charge is -2.31. The van der Waals surface area contributed by atoms with Gasteiger partial charge in [0.05, 0.1) is 52.9 Å². The van der Waals surface area contributed by atoms with Gasteiger partial charge in [-0.1, -0.05) is 0 Å². The average Bonchev–Trinajstić information content (AvgIpc) is 3.38. The van der Waals surface area contributed by atoms with E-state index in [4.69, 9.17) is 37.9 Å². The van der Waals surface area contributed by atoms with E-state index in [2.05, 4.69) is 151 Å². The first kappa shape index (κ1) is 53.5. The topological polar surface area (TPSA) is 93.3 Å². The van der Waals surface area contributed by atoms with Gasteiger partial charge in [-0.05, 0) is 121 Å². The Kier molecular flexibility index (Phi) is 23.7. The first-order valence-electron chi connectivity index (χ1n) is 23.4. The number of hydrogen-bond acceptors (Lipinski definition) is 14. The van der Waals surface area contributed by atoms with E-state index in [1.165, 1.54) is 0 Å². The molecular formula is C54H76N6O8. The van der Waals surface area contributed by atoms with Crippen LogP contribution in [0.15, 0.2) is 121 Å². The van der Waals surface area contributed by atoms with Crippen LogP contribution in [0.5, 0.6) is 0 Å². The SMILES string of the molecule is COCCN(CCOC)c1ccc(N(c2ccc(N(CCOC)CCOC)cc2)c2ccc(N(c3ccc(N(CCOC)CCOC)cc3)c3ccc(N(CCOC)CCOC)cc3)cc2)cc1. The largest absolute Gasteiger partial charge is 0.383 e. The van der Waals surface area contributed by atoms with Crippen molar-refractivity contribution < 1.29 is 37.9 Å². The van der Waals surface area contributed by atoms with Gasteiger partial charge in [0.2, 0.25) is 0 Å². The molecule has 5 rings (SSSR count). The van der Waals surface area contributed by atoms with Crippen molar-refractivity contribution in [1.82, 2.24) is 0 Å². The second kappa shape index (κ2) is 30.1. The van der Waals surface area contributed by atoms with Crippen LogP contribution in [0.3, 0.4) is 0 Å². The highest BCUT2D eigenvalue weighted by atomic mass is 16.5. The molecule has 0 saturated heterocycles. The predicted octanol–water partition coefficient (Wildman–Crippen LogP) is 9.02. The molecule has 0 unspecified atom stereocenters. The molecule has 14 heteroatoms. The van der Waals surface area contributed by atoms with E-state index in [1.54, 1.807) is 56.9 Å². The minimum atomic E-state index is 0.621. The number of benzene rings is 5. The van der Waals surface area contributed by atoms with Crippen LogP contribution in [0.1, 0.15) is 0 Å². The summed E-state index contributed by atoms with van der Waals surface area (Å²) >= 11 is 0. The number of ether oxygens (including phenoxy) is 8. The van der Waals surface area contributed by atoms with E-state index in [-0.39, 0.29) is 0 Å². The van der Waals surface area contributed by atoms with Crippen LogP contribution in [-0.2, 0) is 37.9 Å². The Hall–Kier alpha value is -5.42. The van der Waals surface area contributed by atoms with Crippen LogP contribution in [0, 0.1) is 0 Å². The van der Waals surface area contributed by atoms with Gasteiger partial charge in [0.15, 0.2) is 0 Å². The van der Waals surface area contributed by atoms with Gasteiger partial charge in [0.1, 0.15) is 0 Å². The summed E-state index contributed by atoms with van der Waals surface area (Å²) in [5, 5.41) is 0. The van der Waals surface area contributed by atoms with Crippen molar-refractivity contribution in [2.24, 2.45) is 0 Å². The molecule has 5 aromatic rings. The second-order valence-corrected chi connectivity index (χ2v) is 16.1. The Bertz CT molecular complexity index is 1770. The zero-order chi connectivity index (χ0) is 48.4. The molecule has 0 amide bonds. The molecular weight excluding hydrogens is 861 g/mol. The minimum absolute atomic E-state index is 0.621. The van der Waals surface area contributed by atoms with Gasteiger partial charge in [-0.2, -0.15) is 0 Å². The maximum atomic E-state index is 5.45. The van der Waals surface area contributed by atoms with Gasteiger partial charge < -0.3 is 67.3 Å². The third kappa shape index (κ3) is 15.8. The number of nitrogens with zero attached hydrogens (tertiary/aromatic N) is 6. The summed E-state index contributed by atoms with van der Waals surface area (Å²) in [4.78, 5) is 13.8. The van der Waals surface area contributed by atoms with Gasteiger partial charge in [0.25, 0.3) is 0 Å². The third-order valence-corrected chi connectivity index (χ3v) is 11.8. The van der Waals surface area contributed by atoms with Crippen LogP contribution >= 0.6 is 0 Å². The summed E-state index contributed by atoms with van der Waals surface area (Å²) in [7, 11) is 13.9. The normalized spacial score (nSPS) is 11.2. The standard InChI is InChI=1S/C54H76N6O8/c1-61-37-29-55(30-38-62-2)45-9-17-49(18-10-45)59(50-19-11-46(12-20-50)56(31-39-63-3)32-40-64-4)53-25-27-54(28-26-53)60(51-21-13-47(14-22-51)57(33-41-65-5)34-42-66-6)52-23-15-48(16-24-52)58(35-43-67-7)36-44-68-8/h9-28H,29-44H2,1-8H3. The van der Waals surface area contributed by atoms with E-state index in [1.807, 2.05) is 0 Å². The zero-order valence-electron chi connectivity index (χ0n) is 41.8. The monoisotopic (exact) mass is 937 g/mol. The van der Waals surface area contributed by atoms with E-state index < -0.39 is 0 Å². The lowest BCUT2D eigenvalue weighted by Crippen LogP contribution is -2.30. The number of rotatable bonds is 34. The quantitative estimate of drug-likeness (QED) is 0.0393. The summed E-state index contributed by atoms with van der Waals surface area (Å²) in [6, 6.07) is 43.8. The molecule has 0 aliphatic heterocycles. The molecule has 0 bridgehead atoms. The smallest absolute Gasteiger partial charge is 0.0637 e. The molecule has 0 radical (unpaired) electrons. The Balaban J connectivity index is 1.58. The number of anilines is 10. The van der Waals surface area contributed by atoms with Crippen molar-refractivity contribution in [2.75, 3.05) is 191 Å². The van der Waals surface area contributed by atoms with E-state index >= 15 is 0 Å². The maximum Gasteiger partial charge on any atom is 0.0637 e. The fourth-order valence-corrected chi connectivity index (χ4v) is 7.99. The molecule has 370 valence electrons. The molecule has 0 atom stereocenters. The molecule has 0 heterocycles. The van der Waals surface area contributed by atoms with Crippen molar-refractivity contribution in [3.8, 4) is 0 Å². The van der Waals surface area contributed by atoms with Crippen molar-refractivity contribution in [3.63, 3.8) is 0 Å². The Morgan fingerprint density at radius 3 is 0.441 bits per heavy atom. The van der Waals surface area contributed by atoms with Crippen LogP contribution < -0.4 is 29.4 Å². The lowest BCUT2D eigenvalue weighted by molar-refractivity contribution is 0.190. The summed E-state index contributed by atoms with van der Waals surface area (Å²) in [5.74, 6) is 0. The van der Waals surface area contributed by atoms with Crippen molar-refractivity contribution in [3.05, 3.63) is 121 Å². The Morgan fingerprint density at radius 1 is 0.206 bits per heavy atom. The lowest BCUT2D eigenvalue weighted by atomic mass is 10.1. The number of hydrogen-bond donors (Lipinski definition) is 0. The summed E-state index contributed by atoms with van der Waals surface area (Å²) < 4.78 is 43.6. The van der Waals surface area contributed by atoms with Crippen molar-refractivity contribution in [1.29, 1.82) is 0 Å². The van der Waals surface area contributed by atoms with Gasteiger partial charge >= 0.3 is 0 Å². The highest BCUT2D eigenvalue weighted by Gasteiger charge is 2.19. The molecule has 5 aromatic carbocycles. The first-order valence-corrected chi connectivity index (χ1v) is 23.4. The van der Waals surface area contributed by atoms with Crippen molar-refractivity contribution >= 4 is 56.9 Å². The van der Waals surface area contributed by atoms with Gasteiger partial charge in [-0.3, -0.25) is 0 Å². The van der Waals surface area contributed by atoms with E-state index in [9.17, 15) is 0 Å². The zero-order valence-corrected chi connectivity index (χ0v) is 41.8. The van der Waals surface area contributed by atoms with Gasteiger partial charge in [-0.15, -0.1) is 0 Å². The fraction of sp³-hybridized carbons (Fsp3) is 0.444. The summed E-state index contributed by atoms with van der Waals surface area (Å²) in [6.45, 7) is 11.0. The maximum absolute atomic E-state index is 5.45. The highest BCUT2D eigenvalue weighted by molar-refractivity contribution is 5.82. The van der Waals surface area contributed by atoms with Gasteiger partial charge in [-0.25, -0.2) is 0 Å². The molecule has 0 spiro atoms. The van der Waals surface area contributed by atoms with Gasteiger partial charge in [0, 0.05) is 166 Å². The Labute approximate surface area is 406 Å². The molecule has 14 nitrogen and oxygen atoms in total. The third-order valence-electron chi connectivity index (χ3n) is 11.8.